The zero-order valence-corrected chi connectivity index (χ0v) is 27.6. The summed E-state index contributed by atoms with van der Waals surface area (Å²) in [5.74, 6) is 0. The lowest BCUT2D eigenvalue weighted by Gasteiger charge is -2.41. The normalized spacial score (nSPS) is 14.1. The van der Waals surface area contributed by atoms with Gasteiger partial charge in [0.2, 0.25) is 0 Å². The van der Waals surface area contributed by atoms with Crippen LogP contribution in [0.4, 0.5) is 0 Å². The van der Waals surface area contributed by atoms with Gasteiger partial charge in [-0.1, -0.05) is 130 Å². The Morgan fingerprint density at radius 3 is 1.36 bits per heavy atom. The fourth-order valence-electron chi connectivity index (χ4n) is 5.09. The molecule has 0 N–H and O–H groups in total. The molecule has 0 aromatic heterocycles. The predicted molar refractivity (Wildman–Crippen MR) is 159 cm³/mol. The van der Waals surface area contributed by atoms with Crippen molar-refractivity contribution < 1.29 is 8.23 Å². The Hall–Kier alpha value is 0.571. The third-order valence-electron chi connectivity index (χ3n) is 7.34. The molecule has 0 bridgehead atoms. The minimum absolute atomic E-state index is 0.714. The smallest absolute Gasteiger partial charge is 0.311 e. The fraction of sp³-hybridized carbons (Fsp3) is 1.00. The molecule has 0 fully saturated rings. The molecule has 0 rings (SSSR count). The van der Waals surface area contributed by atoms with E-state index in [4.69, 9.17) is 8.23 Å². The molecule has 0 aliphatic carbocycles. The maximum atomic E-state index is 6.91. The van der Waals surface area contributed by atoms with E-state index >= 15 is 0 Å². The monoisotopic (exact) mass is 516 g/mol. The highest BCUT2D eigenvalue weighted by atomic mass is 28.5. The zero-order valence-electron chi connectivity index (χ0n) is 24.6. The topological polar surface area (TPSA) is 18.5 Å². The van der Waals surface area contributed by atoms with Crippen molar-refractivity contribution in [1.82, 2.24) is 0 Å². The van der Waals surface area contributed by atoms with E-state index in [9.17, 15) is 0 Å². The van der Waals surface area contributed by atoms with E-state index in [0.717, 1.165) is 0 Å². The number of unbranched alkanes of at least 4 members (excludes halogenated alkanes) is 14. The largest absolute Gasteiger partial charge is 0.437 e. The molecule has 0 saturated carbocycles. The summed E-state index contributed by atoms with van der Waals surface area (Å²) in [5, 5.41) is 0. The highest BCUT2D eigenvalue weighted by Crippen LogP contribution is 2.33. The van der Waals surface area contributed by atoms with Crippen LogP contribution in [-0.4, -0.2) is 25.2 Å². The summed E-state index contributed by atoms with van der Waals surface area (Å²) in [7, 11) is -5.45. The maximum Gasteiger partial charge on any atom is 0.311 e. The summed E-state index contributed by atoms with van der Waals surface area (Å²) < 4.78 is 13.8. The van der Waals surface area contributed by atoms with E-state index in [2.05, 4.69) is 60.1 Å². The quantitative estimate of drug-likeness (QED) is 0.0992. The standard InChI is InChI=1S/C28H64O2Si3/c1-10-12-14-16-18-19-21-23-25-27-31(4,5)29-33(8,9)30-32(6,7)28(3)26-24-22-20-17-15-13-11-2/h28H,10-27H2,1-9H3. The maximum absolute atomic E-state index is 6.91. The molecule has 0 radical (unpaired) electrons. The molecule has 0 aliphatic heterocycles. The van der Waals surface area contributed by atoms with Crippen LogP contribution in [0, 0.1) is 0 Å². The van der Waals surface area contributed by atoms with Crippen LogP contribution in [-0.2, 0) is 8.23 Å². The molecule has 0 amide bonds. The van der Waals surface area contributed by atoms with Gasteiger partial charge < -0.3 is 8.23 Å². The molecule has 1 unspecified atom stereocenters. The molecule has 0 spiro atoms. The van der Waals surface area contributed by atoms with Gasteiger partial charge in [0.05, 0.1) is 0 Å². The molecule has 5 heteroatoms. The molecule has 1 atom stereocenters. The minimum atomic E-state index is -2.08. The van der Waals surface area contributed by atoms with Crippen LogP contribution >= 0.6 is 0 Å². The van der Waals surface area contributed by atoms with Crippen molar-refractivity contribution in [2.45, 2.75) is 181 Å². The third kappa shape index (κ3) is 19.4. The van der Waals surface area contributed by atoms with Gasteiger partial charge >= 0.3 is 8.56 Å². The lowest BCUT2D eigenvalue weighted by molar-refractivity contribution is 0.378. The second kappa shape index (κ2) is 18.8. The Bertz CT molecular complexity index is 452. The van der Waals surface area contributed by atoms with Crippen molar-refractivity contribution in [3.05, 3.63) is 0 Å². The molecule has 0 aromatic rings. The van der Waals surface area contributed by atoms with Crippen molar-refractivity contribution in [3.8, 4) is 0 Å². The Morgan fingerprint density at radius 1 is 0.515 bits per heavy atom. The molecular formula is C28H64O2Si3. The van der Waals surface area contributed by atoms with E-state index in [1.165, 1.54) is 115 Å². The molecule has 0 aliphatic rings. The average Bonchev–Trinajstić information content (AvgIpc) is 2.70. The van der Waals surface area contributed by atoms with Crippen LogP contribution in [0.1, 0.15) is 130 Å². The van der Waals surface area contributed by atoms with Gasteiger partial charge in [-0.2, -0.15) is 0 Å². The third-order valence-corrected chi connectivity index (χ3v) is 19.8. The molecule has 200 valence electrons. The summed E-state index contributed by atoms with van der Waals surface area (Å²) in [6.45, 7) is 21.4. The fourth-order valence-corrected chi connectivity index (χ4v) is 19.2. The van der Waals surface area contributed by atoms with Gasteiger partial charge in [-0.25, -0.2) is 0 Å². The van der Waals surface area contributed by atoms with Crippen molar-refractivity contribution in [2.24, 2.45) is 0 Å². The van der Waals surface area contributed by atoms with Crippen LogP contribution in [0.5, 0.6) is 0 Å². The number of rotatable bonds is 23. The van der Waals surface area contributed by atoms with Gasteiger partial charge in [-0.15, -0.1) is 0 Å². The van der Waals surface area contributed by atoms with E-state index in [0.29, 0.717) is 5.54 Å². The lowest BCUT2D eigenvalue weighted by Crippen LogP contribution is -2.53. The highest BCUT2D eigenvalue weighted by molar-refractivity contribution is 6.88. The summed E-state index contributed by atoms with van der Waals surface area (Å²) in [4.78, 5) is 0. The average molecular weight is 517 g/mol. The van der Waals surface area contributed by atoms with Gasteiger partial charge in [0.25, 0.3) is 0 Å². The van der Waals surface area contributed by atoms with Crippen molar-refractivity contribution in [2.75, 3.05) is 0 Å². The molecular weight excluding hydrogens is 453 g/mol. The Labute approximate surface area is 213 Å². The van der Waals surface area contributed by atoms with Gasteiger partial charge in [0, 0.05) is 0 Å². The predicted octanol–water partition coefficient (Wildman–Crippen LogP) is 11.2. The number of hydrogen-bond acceptors (Lipinski definition) is 2. The Balaban J connectivity index is 4.19. The molecule has 2 nitrogen and oxygen atoms in total. The van der Waals surface area contributed by atoms with E-state index in [-0.39, 0.29) is 0 Å². The van der Waals surface area contributed by atoms with Gasteiger partial charge in [-0.3, -0.25) is 0 Å². The van der Waals surface area contributed by atoms with Gasteiger partial charge in [-0.05, 0) is 50.9 Å². The van der Waals surface area contributed by atoms with Crippen molar-refractivity contribution in [3.63, 3.8) is 0 Å². The SMILES string of the molecule is CCCCCCCCCCC[Si](C)(C)O[Si](C)(C)O[Si](C)(C)C(C)CCCCCCCCC. The van der Waals surface area contributed by atoms with Gasteiger partial charge in [0.1, 0.15) is 0 Å². The lowest BCUT2D eigenvalue weighted by atomic mass is 10.1. The highest BCUT2D eigenvalue weighted by Gasteiger charge is 2.41. The summed E-state index contributed by atoms with van der Waals surface area (Å²) in [6.07, 6.45) is 23.7. The number of hydrogen-bond donors (Lipinski definition) is 0. The molecule has 0 heterocycles. The minimum Gasteiger partial charge on any atom is -0.437 e. The molecule has 0 aromatic carbocycles. The Morgan fingerprint density at radius 2 is 0.909 bits per heavy atom. The second-order valence-electron chi connectivity index (χ2n) is 12.4. The van der Waals surface area contributed by atoms with Crippen LogP contribution in [0.25, 0.3) is 0 Å². The van der Waals surface area contributed by atoms with E-state index in [1.807, 2.05) is 0 Å². The zero-order chi connectivity index (χ0) is 25.2. The first-order valence-corrected chi connectivity index (χ1v) is 23.8. The van der Waals surface area contributed by atoms with Gasteiger partial charge in [0.15, 0.2) is 16.6 Å². The van der Waals surface area contributed by atoms with Crippen LogP contribution in [0.15, 0.2) is 0 Å². The first-order chi connectivity index (χ1) is 15.5. The Kier molecular flexibility index (Phi) is 19.1. The molecule has 0 saturated heterocycles. The first kappa shape index (κ1) is 33.6. The van der Waals surface area contributed by atoms with Crippen LogP contribution < -0.4 is 0 Å². The van der Waals surface area contributed by atoms with Crippen molar-refractivity contribution in [1.29, 1.82) is 0 Å². The van der Waals surface area contributed by atoms with Crippen LogP contribution in [0.2, 0.25) is 50.9 Å². The second-order valence-corrected chi connectivity index (χ2v) is 25.0. The summed E-state index contributed by atoms with van der Waals surface area (Å²) >= 11 is 0. The van der Waals surface area contributed by atoms with E-state index in [1.54, 1.807) is 0 Å². The molecule has 33 heavy (non-hydrogen) atoms. The van der Waals surface area contributed by atoms with Crippen molar-refractivity contribution >= 4 is 25.2 Å². The first-order valence-electron chi connectivity index (χ1n) is 14.9. The van der Waals surface area contributed by atoms with E-state index < -0.39 is 25.2 Å². The summed E-state index contributed by atoms with van der Waals surface area (Å²) in [6, 6.07) is 1.29. The van der Waals surface area contributed by atoms with Crippen LogP contribution in [0.3, 0.4) is 0 Å². The summed E-state index contributed by atoms with van der Waals surface area (Å²) in [5.41, 5.74) is 0.714.